The number of likely N-dealkylation sites (N-methyl/N-ethyl adjacent to an activating group) is 1. The van der Waals surface area contributed by atoms with Crippen molar-refractivity contribution < 1.29 is 23.8 Å². The average Bonchev–Trinajstić information content (AvgIpc) is 3.11. The molecule has 0 bridgehead atoms. The quantitative estimate of drug-likeness (QED) is 0.512. The minimum absolute atomic E-state index is 0.228. The third kappa shape index (κ3) is 3.69. The molecule has 3 rings (SSSR count). The lowest BCUT2D eigenvalue weighted by atomic mass is 10.3. The van der Waals surface area contributed by atoms with Crippen molar-refractivity contribution in [2.24, 2.45) is 5.11 Å². The Kier molecular flexibility index (Phi) is 5.91. The van der Waals surface area contributed by atoms with E-state index in [1.54, 1.807) is 4.90 Å². The van der Waals surface area contributed by atoms with Gasteiger partial charge >= 0.3 is 11.8 Å². The summed E-state index contributed by atoms with van der Waals surface area (Å²) in [7, 11) is 0. The summed E-state index contributed by atoms with van der Waals surface area (Å²) in [6, 6.07) is 7.52. The van der Waals surface area contributed by atoms with Crippen LogP contribution in [-0.4, -0.2) is 77.8 Å². The molecule has 28 heavy (non-hydrogen) atoms. The molecule has 1 atom stereocenters. The van der Waals surface area contributed by atoms with Gasteiger partial charge in [0.2, 0.25) is 0 Å². The number of amides is 3. The second-order valence-electron chi connectivity index (χ2n) is 6.51. The molecule has 0 N–H and O–H groups in total. The number of azo groups is 2. The highest BCUT2D eigenvalue weighted by Crippen LogP contribution is 2.28. The number of rotatable bonds is 7. The molecular weight excluding hydrogens is 362 g/mol. The predicted molar refractivity (Wildman–Crippen MR) is 101 cm³/mol. The molecule has 0 radical (unpaired) electrons. The molecule has 2 aliphatic heterocycles. The number of hydrogen-bond donors (Lipinski definition) is 0. The van der Waals surface area contributed by atoms with Crippen molar-refractivity contribution in [3.8, 4) is 5.75 Å². The molecule has 150 valence electrons. The molecule has 1 aromatic carbocycles. The monoisotopic (exact) mass is 388 g/mol. The maximum absolute atomic E-state index is 12.5. The molecular formula is C19H26N5O4+. The highest BCUT2D eigenvalue weighted by atomic mass is 16.5. The lowest BCUT2D eigenvalue weighted by Crippen LogP contribution is -2.53. The van der Waals surface area contributed by atoms with Crippen LogP contribution in [0, 0.1) is 0 Å². The number of fused-ring (bicyclic) bond motifs is 1. The Morgan fingerprint density at radius 2 is 1.79 bits per heavy atom. The Morgan fingerprint density at radius 3 is 2.39 bits per heavy atom. The fourth-order valence-electron chi connectivity index (χ4n) is 3.44. The van der Waals surface area contributed by atoms with Crippen molar-refractivity contribution in [1.29, 1.82) is 0 Å². The molecule has 0 saturated carbocycles. The fourth-order valence-corrected chi connectivity index (χ4v) is 3.44. The smallest absolute Gasteiger partial charge is 0.494 e. The van der Waals surface area contributed by atoms with Crippen molar-refractivity contribution >= 4 is 23.4 Å². The minimum Gasteiger partial charge on any atom is -0.494 e. The molecule has 1 unspecified atom stereocenters. The number of benzene rings is 1. The molecule has 3 amide bonds. The zero-order valence-electron chi connectivity index (χ0n) is 16.5. The van der Waals surface area contributed by atoms with Crippen molar-refractivity contribution in [2.45, 2.75) is 27.1 Å². The average molecular weight is 388 g/mol. The molecule has 0 aromatic heterocycles. The van der Waals surface area contributed by atoms with E-state index < -0.39 is 18.1 Å². The second-order valence-corrected chi connectivity index (χ2v) is 6.51. The van der Waals surface area contributed by atoms with Crippen LogP contribution < -0.4 is 9.64 Å². The van der Waals surface area contributed by atoms with E-state index in [-0.39, 0.29) is 12.5 Å². The Hall–Kier alpha value is -2.97. The van der Waals surface area contributed by atoms with E-state index in [1.807, 2.05) is 49.9 Å². The summed E-state index contributed by atoms with van der Waals surface area (Å²) in [6.07, 6.45) is -0.632. The van der Waals surface area contributed by atoms with Crippen molar-refractivity contribution in [3.05, 3.63) is 24.3 Å². The second kappa shape index (κ2) is 8.37. The molecule has 9 nitrogen and oxygen atoms in total. The zero-order chi connectivity index (χ0) is 20.3. The first-order chi connectivity index (χ1) is 13.5. The van der Waals surface area contributed by atoms with Crippen LogP contribution >= 0.6 is 0 Å². The standard InChI is InChI=1S/C19H26N5O4/c1-4-21(5-2)16(25)13-24-18(27)17(26)23-12-11-22(19(23)20-24)14-7-9-15(10-8-14)28-6-3/h7-10,19H,4-6,11-13H2,1-3H3/q+1. The molecule has 0 aliphatic carbocycles. The highest BCUT2D eigenvalue weighted by Gasteiger charge is 2.49. The summed E-state index contributed by atoms with van der Waals surface area (Å²) in [5.74, 6) is -0.847. The van der Waals surface area contributed by atoms with Gasteiger partial charge in [-0.2, -0.15) is 0 Å². The number of nitrogens with zero attached hydrogens (tertiary/aromatic N) is 5. The Bertz CT molecular complexity index is 788. The van der Waals surface area contributed by atoms with Gasteiger partial charge in [0, 0.05) is 37.0 Å². The largest absolute Gasteiger partial charge is 0.502 e. The van der Waals surface area contributed by atoms with Gasteiger partial charge in [-0.15, -0.1) is 0 Å². The molecule has 9 heteroatoms. The molecule has 2 heterocycles. The van der Waals surface area contributed by atoms with Crippen LogP contribution in [0.15, 0.2) is 29.4 Å². The molecule has 1 aromatic rings. The van der Waals surface area contributed by atoms with Gasteiger partial charge in [-0.25, -0.2) is 4.79 Å². The molecule has 1 fully saturated rings. The highest BCUT2D eigenvalue weighted by molar-refractivity contribution is 6.31. The van der Waals surface area contributed by atoms with Crippen molar-refractivity contribution in [3.63, 3.8) is 0 Å². The summed E-state index contributed by atoms with van der Waals surface area (Å²) in [5, 5.41) is 4.42. The predicted octanol–water partition coefficient (Wildman–Crippen LogP) is 0.891. The normalized spacial score (nSPS) is 18.8. The first kappa shape index (κ1) is 19.8. The third-order valence-corrected chi connectivity index (χ3v) is 4.94. The van der Waals surface area contributed by atoms with Crippen LogP contribution in [0.3, 0.4) is 0 Å². The number of anilines is 1. The van der Waals surface area contributed by atoms with E-state index in [0.717, 1.165) is 16.1 Å². The SMILES string of the molecule is CCOc1ccc(N2CCN3C(=O)C(=O)[N+](CC(=O)N(CC)CC)=NC32)cc1. The number of carbonyl (C=O) groups excluding carboxylic acids is 3. The summed E-state index contributed by atoms with van der Waals surface area (Å²) in [5.41, 5.74) is 0.872. The summed E-state index contributed by atoms with van der Waals surface area (Å²) < 4.78 is 6.48. The maximum Gasteiger partial charge on any atom is 0.502 e. The maximum atomic E-state index is 12.5. The van der Waals surface area contributed by atoms with Crippen molar-refractivity contribution in [1.82, 2.24) is 9.80 Å². The van der Waals surface area contributed by atoms with Gasteiger partial charge in [0.05, 0.1) is 6.61 Å². The first-order valence-corrected chi connectivity index (χ1v) is 9.60. The minimum atomic E-state index is -0.759. The first-order valence-electron chi connectivity index (χ1n) is 9.60. The Labute approximate surface area is 164 Å². The van der Waals surface area contributed by atoms with E-state index in [9.17, 15) is 14.4 Å². The topological polar surface area (TPSA) is 85.5 Å². The van der Waals surface area contributed by atoms with Gasteiger partial charge in [-0.3, -0.25) is 14.5 Å². The van der Waals surface area contributed by atoms with Gasteiger partial charge in [-0.05, 0) is 49.7 Å². The van der Waals surface area contributed by atoms with Crippen molar-refractivity contribution in [2.75, 3.05) is 44.2 Å². The van der Waals surface area contributed by atoms with Crippen LogP contribution in [0.4, 0.5) is 5.69 Å². The van der Waals surface area contributed by atoms with Gasteiger partial charge in [0.15, 0.2) is 0 Å². The molecule has 0 spiro atoms. The van der Waals surface area contributed by atoms with Crippen LogP contribution in [-0.2, 0) is 14.4 Å². The van der Waals surface area contributed by atoms with E-state index in [0.29, 0.717) is 32.8 Å². The Morgan fingerprint density at radius 1 is 1.14 bits per heavy atom. The fraction of sp³-hybridized carbons (Fsp3) is 0.526. The number of hydrogen-bond acceptors (Lipinski definition) is 6. The van der Waals surface area contributed by atoms with Crippen LogP contribution in [0.2, 0.25) is 0 Å². The molecule has 2 aliphatic rings. The summed E-state index contributed by atoms with van der Waals surface area (Å²) in [6.45, 7) is 8.06. The lowest BCUT2D eigenvalue weighted by Gasteiger charge is -2.27. The van der Waals surface area contributed by atoms with Gasteiger partial charge in [0.1, 0.15) is 5.75 Å². The van der Waals surface area contributed by atoms with Gasteiger partial charge < -0.3 is 14.5 Å². The van der Waals surface area contributed by atoms with Gasteiger partial charge in [-0.1, -0.05) is 0 Å². The van der Waals surface area contributed by atoms with E-state index in [2.05, 4.69) is 5.11 Å². The van der Waals surface area contributed by atoms with E-state index in [4.69, 9.17) is 4.74 Å². The summed E-state index contributed by atoms with van der Waals surface area (Å²) in [4.78, 5) is 42.3. The number of carbonyl (C=O) groups is 3. The van der Waals surface area contributed by atoms with Crippen LogP contribution in [0.25, 0.3) is 0 Å². The molecule has 1 saturated heterocycles. The van der Waals surface area contributed by atoms with Gasteiger partial charge in [0.25, 0.3) is 18.7 Å². The third-order valence-electron chi connectivity index (χ3n) is 4.94. The lowest BCUT2D eigenvalue weighted by molar-refractivity contribution is -0.510. The van der Waals surface area contributed by atoms with Crippen LogP contribution in [0.5, 0.6) is 5.75 Å². The summed E-state index contributed by atoms with van der Waals surface area (Å²) >= 11 is 0. The zero-order valence-corrected chi connectivity index (χ0v) is 16.5. The van der Waals surface area contributed by atoms with E-state index in [1.165, 1.54) is 4.90 Å². The van der Waals surface area contributed by atoms with E-state index >= 15 is 0 Å². The van der Waals surface area contributed by atoms with Crippen LogP contribution in [0.1, 0.15) is 20.8 Å². The number of ether oxygens (including phenoxy) is 1. The Balaban J connectivity index is 1.84.